The summed E-state index contributed by atoms with van der Waals surface area (Å²) >= 11 is 0. The fraction of sp³-hybridized carbons (Fsp3) is 0.353. The standard InChI is InChI=1S/2C12H16O.C10H15N/c1-4-9-13-12-8-6-5-7-11(12)10(2)3;1-4-6-10-7-5-8-11(9(2)3)12(10)13;1-3-11(4-2)10-8-6-5-7-9-10/h4-8,10H,1,9H2,2-3H3;4-5,7-9,13H,1,6H2,2-3H3;5-9H,3-4H2,1-2H3. The minimum Gasteiger partial charge on any atom is -0.507 e. The smallest absolute Gasteiger partial charge is 0.123 e. The Morgan fingerprint density at radius 2 is 1.32 bits per heavy atom. The van der Waals surface area contributed by atoms with Crippen LogP contribution < -0.4 is 9.64 Å². The fourth-order valence-electron chi connectivity index (χ4n) is 3.86. The summed E-state index contributed by atoms with van der Waals surface area (Å²) < 4.78 is 5.53. The summed E-state index contributed by atoms with van der Waals surface area (Å²) in [5.41, 5.74) is 4.54. The van der Waals surface area contributed by atoms with Crippen LogP contribution in [0.2, 0.25) is 0 Å². The molecule has 0 aliphatic rings. The lowest BCUT2D eigenvalue weighted by Crippen LogP contribution is -2.21. The van der Waals surface area contributed by atoms with E-state index in [1.807, 2.05) is 42.5 Å². The second-order valence-electron chi connectivity index (χ2n) is 9.30. The highest BCUT2D eigenvalue weighted by molar-refractivity contribution is 5.45. The molecule has 0 atom stereocenters. The Balaban J connectivity index is 0.000000279. The lowest BCUT2D eigenvalue weighted by atomic mass is 9.98. The summed E-state index contributed by atoms with van der Waals surface area (Å²) in [6.07, 6.45) is 4.29. The van der Waals surface area contributed by atoms with Crippen molar-refractivity contribution in [2.45, 2.75) is 59.8 Å². The van der Waals surface area contributed by atoms with Crippen molar-refractivity contribution in [3.05, 3.63) is 115 Å². The Labute approximate surface area is 226 Å². The first-order valence-electron chi connectivity index (χ1n) is 13.3. The third-order valence-corrected chi connectivity index (χ3v) is 5.92. The Bertz CT molecular complexity index is 1040. The normalized spacial score (nSPS) is 10.1. The number of benzene rings is 3. The number of rotatable bonds is 10. The number of hydrogen-bond donors (Lipinski definition) is 1. The molecule has 3 nitrogen and oxygen atoms in total. The molecule has 0 saturated heterocycles. The molecule has 0 radical (unpaired) electrons. The minimum absolute atomic E-state index is 0.366. The van der Waals surface area contributed by atoms with Gasteiger partial charge in [-0.05, 0) is 67.0 Å². The SMILES string of the molecule is C=CCOc1ccccc1C(C)C.C=CCc1cccc(C(C)C)c1O.CCN(CC)c1ccccc1. The van der Waals surface area contributed by atoms with E-state index in [2.05, 4.69) is 89.9 Å². The molecule has 0 aliphatic carbocycles. The maximum Gasteiger partial charge on any atom is 0.123 e. The van der Waals surface area contributed by atoms with Crippen LogP contribution in [0.25, 0.3) is 0 Å². The van der Waals surface area contributed by atoms with Gasteiger partial charge in [-0.3, -0.25) is 0 Å². The van der Waals surface area contributed by atoms with Crippen LogP contribution in [0.15, 0.2) is 98.1 Å². The first kappa shape index (κ1) is 31.6. The number of ether oxygens (including phenoxy) is 1. The number of phenolic OH excluding ortho intramolecular Hbond substituents is 1. The monoisotopic (exact) mass is 501 g/mol. The zero-order chi connectivity index (χ0) is 27.6. The van der Waals surface area contributed by atoms with Crippen LogP contribution in [0.1, 0.15) is 70.1 Å². The van der Waals surface area contributed by atoms with E-state index in [1.165, 1.54) is 11.3 Å². The van der Waals surface area contributed by atoms with Crippen LogP contribution in [-0.2, 0) is 6.42 Å². The molecule has 200 valence electrons. The molecule has 0 spiro atoms. The maximum atomic E-state index is 9.84. The maximum absolute atomic E-state index is 9.84. The first-order chi connectivity index (χ1) is 17.8. The van der Waals surface area contributed by atoms with Gasteiger partial charge in [0, 0.05) is 18.8 Å². The second kappa shape index (κ2) is 17.9. The van der Waals surface area contributed by atoms with Crippen LogP contribution >= 0.6 is 0 Å². The van der Waals surface area contributed by atoms with Crippen LogP contribution in [0.4, 0.5) is 5.69 Å². The lowest BCUT2D eigenvalue weighted by Gasteiger charge is -2.20. The Morgan fingerprint density at radius 3 is 1.86 bits per heavy atom. The molecule has 0 heterocycles. The molecule has 3 aromatic carbocycles. The van der Waals surface area contributed by atoms with E-state index in [0.29, 0.717) is 24.2 Å². The topological polar surface area (TPSA) is 32.7 Å². The van der Waals surface area contributed by atoms with Crippen molar-refractivity contribution in [1.29, 1.82) is 0 Å². The van der Waals surface area contributed by atoms with Gasteiger partial charge in [-0.2, -0.15) is 0 Å². The Morgan fingerprint density at radius 1 is 0.757 bits per heavy atom. The van der Waals surface area contributed by atoms with Crippen LogP contribution in [0.3, 0.4) is 0 Å². The van der Waals surface area contributed by atoms with E-state index >= 15 is 0 Å². The number of allylic oxidation sites excluding steroid dienone is 1. The predicted molar refractivity (Wildman–Crippen MR) is 162 cm³/mol. The largest absolute Gasteiger partial charge is 0.507 e. The summed E-state index contributed by atoms with van der Waals surface area (Å²) in [4.78, 5) is 2.33. The van der Waals surface area contributed by atoms with Crippen LogP contribution in [0, 0.1) is 0 Å². The van der Waals surface area contributed by atoms with Gasteiger partial charge in [-0.25, -0.2) is 0 Å². The molecule has 3 aromatic rings. The van der Waals surface area contributed by atoms with Gasteiger partial charge >= 0.3 is 0 Å². The van der Waals surface area contributed by atoms with Crippen LogP contribution in [-0.4, -0.2) is 24.8 Å². The molecule has 0 aliphatic heterocycles. The third-order valence-electron chi connectivity index (χ3n) is 5.92. The summed E-state index contributed by atoms with van der Waals surface area (Å²) in [5, 5.41) is 9.84. The highest BCUT2D eigenvalue weighted by Gasteiger charge is 2.08. The summed E-state index contributed by atoms with van der Waals surface area (Å²) in [7, 11) is 0. The Hall–Kier alpha value is -3.46. The van der Waals surface area contributed by atoms with E-state index in [9.17, 15) is 5.11 Å². The first-order valence-corrected chi connectivity index (χ1v) is 13.3. The zero-order valence-electron chi connectivity index (χ0n) is 23.8. The molecule has 37 heavy (non-hydrogen) atoms. The van der Waals surface area contributed by atoms with E-state index in [-0.39, 0.29) is 0 Å². The number of hydrogen-bond acceptors (Lipinski definition) is 3. The van der Waals surface area contributed by atoms with Gasteiger partial charge in [0.15, 0.2) is 0 Å². The molecule has 3 rings (SSSR count). The number of para-hydroxylation sites is 3. The van der Waals surface area contributed by atoms with Gasteiger partial charge in [0.2, 0.25) is 0 Å². The fourth-order valence-corrected chi connectivity index (χ4v) is 3.86. The molecule has 0 amide bonds. The van der Waals surface area contributed by atoms with E-state index < -0.39 is 0 Å². The van der Waals surface area contributed by atoms with Crippen molar-refractivity contribution in [3.8, 4) is 11.5 Å². The van der Waals surface area contributed by atoms with Crippen LogP contribution in [0.5, 0.6) is 11.5 Å². The van der Waals surface area contributed by atoms with Gasteiger partial charge in [0.1, 0.15) is 18.1 Å². The van der Waals surface area contributed by atoms with Gasteiger partial charge < -0.3 is 14.7 Å². The number of aromatic hydroxyl groups is 1. The highest BCUT2D eigenvalue weighted by atomic mass is 16.5. The zero-order valence-corrected chi connectivity index (χ0v) is 23.8. The molecular formula is C34H47NO2. The van der Waals surface area contributed by atoms with Crippen molar-refractivity contribution in [3.63, 3.8) is 0 Å². The van der Waals surface area contributed by atoms with Crippen molar-refractivity contribution in [2.24, 2.45) is 0 Å². The van der Waals surface area contributed by atoms with Gasteiger partial charge in [0.25, 0.3) is 0 Å². The van der Waals surface area contributed by atoms with Crippen molar-refractivity contribution in [1.82, 2.24) is 0 Å². The van der Waals surface area contributed by atoms with Crippen molar-refractivity contribution in [2.75, 3.05) is 24.6 Å². The predicted octanol–water partition coefficient (Wildman–Crippen LogP) is 9.15. The van der Waals surface area contributed by atoms with Gasteiger partial charge in [-0.15, -0.1) is 6.58 Å². The minimum atomic E-state index is 0.366. The molecule has 0 fully saturated rings. The number of anilines is 1. The molecule has 0 aromatic heterocycles. The average Bonchev–Trinajstić information content (AvgIpc) is 2.91. The highest BCUT2D eigenvalue weighted by Crippen LogP contribution is 2.29. The van der Waals surface area contributed by atoms with Gasteiger partial charge in [0.05, 0.1) is 0 Å². The summed E-state index contributed by atoms with van der Waals surface area (Å²) in [6, 6.07) is 24.5. The molecule has 0 saturated carbocycles. The Kier molecular flexibility index (Phi) is 15.3. The third kappa shape index (κ3) is 11.0. The molecule has 1 N–H and O–H groups in total. The summed E-state index contributed by atoms with van der Waals surface area (Å²) in [6.45, 7) is 22.9. The van der Waals surface area contributed by atoms with E-state index in [4.69, 9.17) is 4.74 Å². The summed E-state index contributed by atoms with van der Waals surface area (Å²) in [5.74, 6) is 2.26. The second-order valence-corrected chi connectivity index (χ2v) is 9.30. The number of phenols is 1. The van der Waals surface area contributed by atoms with Crippen molar-refractivity contribution >= 4 is 5.69 Å². The lowest BCUT2D eigenvalue weighted by molar-refractivity contribution is 0.357. The van der Waals surface area contributed by atoms with E-state index in [1.54, 1.807) is 12.2 Å². The molecule has 0 bridgehead atoms. The quantitative estimate of drug-likeness (QED) is 0.281. The number of nitrogens with zero attached hydrogens (tertiary/aromatic N) is 1. The molecule has 0 unspecified atom stereocenters. The van der Waals surface area contributed by atoms with Crippen molar-refractivity contribution < 1.29 is 9.84 Å². The molecular weight excluding hydrogens is 454 g/mol. The van der Waals surface area contributed by atoms with Gasteiger partial charge in [-0.1, -0.05) is 101 Å². The van der Waals surface area contributed by atoms with E-state index in [0.717, 1.165) is 36.4 Å². The average molecular weight is 502 g/mol. The molecule has 3 heteroatoms.